The highest BCUT2D eigenvalue weighted by Gasteiger charge is 2.23. The zero-order chi connectivity index (χ0) is 28.2. The second-order valence-corrected chi connectivity index (χ2v) is 12.1. The van der Waals surface area contributed by atoms with Gasteiger partial charge in [-0.1, -0.05) is 41.9 Å². The molecule has 2 aromatic carbocycles. The molecule has 0 aliphatic heterocycles. The van der Waals surface area contributed by atoms with E-state index < -0.39 is 22.0 Å². The molecule has 1 unspecified atom stereocenters. The summed E-state index contributed by atoms with van der Waals surface area (Å²) in [5.41, 5.74) is 7.98. The Kier molecular flexibility index (Phi) is 8.75. The molecule has 39 heavy (non-hydrogen) atoms. The number of sulfonamides is 1. The molecular formula is C25H26ClN5O6S2. The van der Waals surface area contributed by atoms with Crippen LogP contribution in [-0.2, 0) is 37.4 Å². The first kappa shape index (κ1) is 28.4. The molecule has 0 bridgehead atoms. The lowest BCUT2D eigenvalue weighted by Gasteiger charge is -2.11. The first-order valence-electron chi connectivity index (χ1n) is 11.6. The molecule has 2 aromatic heterocycles. The number of aromatic nitrogens is 2. The number of nitrogens with one attached hydrogen (secondary N) is 2. The van der Waals surface area contributed by atoms with Crippen LogP contribution >= 0.6 is 22.9 Å². The van der Waals surface area contributed by atoms with Crippen molar-refractivity contribution in [2.45, 2.75) is 29.8 Å². The molecule has 2 heterocycles. The van der Waals surface area contributed by atoms with Gasteiger partial charge in [0.05, 0.1) is 42.4 Å². The van der Waals surface area contributed by atoms with E-state index in [2.05, 4.69) is 19.9 Å². The van der Waals surface area contributed by atoms with Gasteiger partial charge in [-0.05, 0) is 35.4 Å². The van der Waals surface area contributed by atoms with Gasteiger partial charge in [0, 0.05) is 6.54 Å². The minimum Gasteiger partial charge on any atom is -0.496 e. The predicted octanol–water partition coefficient (Wildman–Crippen LogP) is 3.12. The van der Waals surface area contributed by atoms with E-state index in [9.17, 15) is 18.0 Å². The third-order valence-electron chi connectivity index (χ3n) is 5.73. The topological polar surface area (TPSA) is 155 Å². The molecule has 0 radical (unpaired) electrons. The van der Waals surface area contributed by atoms with Gasteiger partial charge < -0.3 is 20.5 Å². The third kappa shape index (κ3) is 6.68. The van der Waals surface area contributed by atoms with Crippen LogP contribution in [0.1, 0.15) is 17.5 Å². The monoisotopic (exact) mass is 591 g/mol. The molecule has 0 aliphatic rings. The van der Waals surface area contributed by atoms with Crippen LogP contribution in [0.3, 0.4) is 0 Å². The lowest BCUT2D eigenvalue weighted by atomic mass is 10.1. The van der Waals surface area contributed by atoms with Crippen LogP contribution in [0.2, 0.25) is 4.34 Å². The maximum Gasteiger partial charge on any atom is 0.323 e. The van der Waals surface area contributed by atoms with E-state index in [0.29, 0.717) is 27.5 Å². The normalized spacial score (nSPS) is 12.2. The molecule has 0 saturated heterocycles. The van der Waals surface area contributed by atoms with Crippen molar-refractivity contribution in [1.82, 2.24) is 15.1 Å². The van der Waals surface area contributed by atoms with Crippen molar-refractivity contribution in [1.29, 1.82) is 0 Å². The van der Waals surface area contributed by atoms with Crippen LogP contribution in [-0.4, -0.2) is 50.3 Å². The number of hydrogen-bond donors (Lipinski definition) is 3. The quantitative estimate of drug-likeness (QED) is 0.225. The van der Waals surface area contributed by atoms with E-state index in [-0.39, 0.29) is 28.9 Å². The van der Waals surface area contributed by atoms with Gasteiger partial charge in [0.15, 0.2) is 5.82 Å². The van der Waals surface area contributed by atoms with Crippen molar-refractivity contribution in [3.63, 3.8) is 0 Å². The van der Waals surface area contributed by atoms with Gasteiger partial charge in [-0.2, -0.15) is 5.10 Å². The Morgan fingerprint density at radius 1 is 1.13 bits per heavy atom. The number of fused-ring (bicyclic) bond motifs is 1. The van der Waals surface area contributed by atoms with Gasteiger partial charge >= 0.3 is 5.97 Å². The number of halogens is 1. The number of amides is 1. The number of nitrogens with zero attached hydrogens (tertiary/aromatic N) is 2. The smallest absolute Gasteiger partial charge is 0.323 e. The number of hydrogen-bond acceptors (Lipinski definition) is 9. The van der Waals surface area contributed by atoms with E-state index in [1.54, 1.807) is 16.8 Å². The van der Waals surface area contributed by atoms with E-state index in [1.165, 1.54) is 26.4 Å². The van der Waals surface area contributed by atoms with E-state index in [4.69, 9.17) is 22.1 Å². The van der Waals surface area contributed by atoms with Crippen LogP contribution in [0, 0.1) is 0 Å². The third-order valence-corrected chi connectivity index (χ3v) is 8.79. The van der Waals surface area contributed by atoms with Gasteiger partial charge in [0.2, 0.25) is 5.91 Å². The Labute approximate surface area is 233 Å². The second-order valence-electron chi connectivity index (χ2n) is 8.46. The zero-order valence-electron chi connectivity index (χ0n) is 21.0. The summed E-state index contributed by atoms with van der Waals surface area (Å²) in [5, 5.41) is 7.81. The van der Waals surface area contributed by atoms with Gasteiger partial charge in [0.1, 0.15) is 16.0 Å². The van der Waals surface area contributed by atoms with Gasteiger partial charge in [-0.25, -0.2) is 8.42 Å². The first-order valence-corrected chi connectivity index (χ1v) is 14.3. The van der Waals surface area contributed by atoms with E-state index in [1.807, 2.05) is 30.3 Å². The Morgan fingerprint density at radius 3 is 2.56 bits per heavy atom. The maximum atomic E-state index is 13.0. The number of thiophene rings is 1. The number of rotatable bonds is 11. The largest absolute Gasteiger partial charge is 0.496 e. The highest BCUT2D eigenvalue weighted by molar-refractivity contribution is 7.94. The maximum absolute atomic E-state index is 13.0. The van der Waals surface area contributed by atoms with Gasteiger partial charge in [0.25, 0.3) is 10.0 Å². The first-order chi connectivity index (χ1) is 18.6. The van der Waals surface area contributed by atoms with Crippen LogP contribution in [0.5, 0.6) is 5.75 Å². The number of esters is 1. The highest BCUT2D eigenvalue weighted by atomic mass is 35.5. The molecule has 0 aliphatic carbocycles. The minimum atomic E-state index is -3.93. The molecule has 4 aromatic rings. The summed E-state index contributed by atoms with van der Waals surface area (Å²) in [4.78, 5) is 23.6. The second kappa shape index (κ2) is 12.0. The SMILES string of the molecule is COC(=O)C(N)CC(=O)NCc1cccc(Cn2nc(NS(=O)(=O)c3ccc(Cl)s3)c3c(OC)cccc32)c1. The zero-order valence-corrected chi connectivity index (χ0v) is 23.4. The van der Waals surface area contributed by atoms with Crippen molar-refractivity contribution in [2.24, 2.45) is 5.73 Å². The molecule has 206 valence electrons. The Bertz CT molecular complexity index is 1620. The Morgan fingerprint density at radius 2 is 1.87 bits per heavy atom. The average Bonchev–Trinajstić information content (AvgIpc) is 3.51. The molecule has 14 heteroatoms. The van der Waals surface area contributed by atoms with Crippen LogP contribution in [0.4, 0.5) is 5.82 Å². The lowest BCUT2D eigenvalue weighted by molar-refractivity contribution is -0.143. The Balaban J connectivity index is 1.56. The van der Waals surface area contributed by atoms with Crippen molar-refractivity contribution in [2.75, 3.05) is 18.9 Å². The minimum absolute atomic E-state index is 0.0624. The van der Waals surface area contributed by atoms with Gasteiger partial charge in [-0.15, -0.1) is 11.3 Å². The fourth-order valence-corrected chi connectivity index (χ4v) is 6.39. The number of anilines is 1. The van der Waals surface area contributed by atoms with Crippen molar-refractivity contribution < 1.29 is 27.5 Å². The van der Waals surface area contributed by atoms with E-state index in [0.717, 1.165) is 22.5 Å². The summed E-state index contributed by atoms with van der Waals surface area (Å²) in [7, 11) is -1.22. The number of ether oxygens (including phenoxy) is 2. The summed E-state index contributed by atoms with van der Waals surface area (Å²) >= 11 is 6.88. The molecule has 4 rings (SSSR count). The van der Waals surface area contributed by atoms with Crippen LogP contribution in [0.15, 0.2) is 58.8 Å². The predicted molar refractivity (Wildman–Crippen MR) is 148 cm³/mol. The Hall–Kier alpha value is -3.65. The molecule has 0 saturated carbocycles. The molecule has 4 N–H and O–H groups in total. The fourth-order valence-electron chi connectivity index (χ4n) is 3.90. The number of carbonyl (C=O) groups excluding carboxylic acids is 2. The summed E-state index contributed by atoms with van der Waals surface area (Å²) in [5.74, 6) is -0.455. The summed E-state index contributed by atoms with van der Waals surface area (Å²) < 4.78 is 40.7. The van der Waals surface area contributed by atoms with Crippen molar-refractivity contribution >= 4 is 61.6 Å². The van der Waals surface area contributed by atoms with Gasteiger partial charge in [-0.3, -0.25) is 19.0 Å². The highest BCUT2D eigenvalue weighted by Crippen LogP contribution is 2.35. The molecule has 11 nitrogen and oxygen atoms in total. The molecule has 1 atom stereocenters. The van der Waals surface area contributed by atoms with Crippen molar-refractivity contribution in [3.8, 4) is 5.75 Å². The molecule has 1 amide bonds. The number of carbonyl (C=O) groups is 2. The lowest BCUT2D eigenvalue weighted by Crippen LogP contribution is -2.37. The number of benzene rings is 2. The summed E-state index contributed by atoms with van der Waals surface area (Å²) in [6, 6.07) is 14.7. The fraction of sp³-hybridized carbons (Fsp3) is 0.240. The molecule has 0 fully saturated rings. The number of nitrogens with two attached hydrogens (primary N) is 1. The standard InChI is InChI=1S/C25H26ClN5O6S2/c1-36-19-8-4-7-18-23(19)24(30-39(34,35)22-10-9-20(26)38-22)29-31(18)14-16-6-3-5-15(11-16)13-28-21(32)12-17(27)25(33)37-2/h3-11,17H,12-14,27H2,1-2H3,(H,28,32)(H,29,30). The summed E-state index contributed by atoms with van der Waals surface area (Å²) in [6.07, 6.45) is -0.191. The van der Waals surface area contributed by atoms with E-state index >= 15 is 0 Å². The molecule has 0 spiro atoms. The number of methoxy groups -OCH3 is 2. The summed E-state index contributed by atoms with van der Waals surface area (Å²) in [6.45, 7) is 0.536. The van der Waals surface area contributed by atoms with Crippen LogP contribution < -0.4 is 20.5 Å². The molecular weight excluding hydrogens is 566 g/mol. The van der Waals surface area contributed by atoms with Crippen LogP contribution in [0.25, 0.3) is 10.9 Å². The average molecular weight is 592 g/mol. The van der Waals surface area contributed by atoms with Crippen molar-refractivity contribution in [3.05, 3.63) is 70.1 Å².